The smallest absolute Gasteiger partial charge is 0.311 e. The predicted octanol–water partition coefficient (Wildman–Crippen LogP) is 0.855. The fourth-order valence-corrected chi connectivity index (χ4v) is 4.87. The second-order valence-electron chi connectivity index (χ2n) is 12.1. The number of carbonyl (C=O) groups excluding carboxylic acids is 4. The Morgan fingerprint density at radius 2 is 1.66 bits per heavy atom. The number of rotatable bonds is 14. The minimum Gasteiger partial charge on any atom is -0.487 e. The molecule has 1 aliphatic carbocycles. The van der Waals surface area contributed by atoms with Crippen molar-refractivity contribution in [1.29, 1.82) is 0 Å². The maximum absolute atomic E-state index is 12.4. The summed E-state index contributed by atoms with van der Waals surface area (Å²) in [7, 11) is 0. The second-order valence-corrected chi connectivity index (χ2v) is 12.1. The van der Waals surface area contributed by atoms with Crippen molar-refractivity contribution >= 4 is 29.7 Å². The second kappa shape index (κ2) is 15.3. The molecule has 1 fully saturated rings. The molecule has 3 rings (SSSR count). The van der Waals surface area contributed by atoms with E-state index in [1.165, 1.54) is 12.2 Å². The van der Waals surface area contributed by atoms with E-state index in [1.54, 1.807) is 32.9 Å². The zero-order valence-corrected chi connectivity index (χ0v) is 25.2. The Bertz CT molecular complexity index is 1240. The van der Waals surface area contributed by atoms with Crippen LogP contribution in [0.25, 0.3) is 0 Å². The summed E-state index contributed by atoms with van der Waals surface area (Å²) < 4.78 is 11.5. The lowest BCUT2D eigenvalue weighted by Crippen LogP contribution is -2.57. The lowest BCUT2D eigenvalue weighted by atomic mass is 9.80. The van der Waals surface area contributed by atoms with Crippen LogP contribution < -0.4 is 10.1 Å². The molecule has 1 aromatic carbocycles. The highest BCUT2D eigenvalue weighted by molar-refractivity contribution is 6.13. The Morgan fingerprint density at radius 1 is 0.977 bits per heavy atom. The van der Waals surface area contributed by atoms with Gasteiger partial charge in [0.2, 0.25) is 5.91 Å². The number of carboxylic acid groups (broad SMARTS) is 1. The van der Waals surface area contributed by atoms with Crippen LogP contribution >= 0.6 is 0 Å². The van der Waals surface area contributed by atoms with Gasteiger partial charge in [-0.05, 0) is 51.7 Å². The highest BCUT2D eigenvalue weighted by atomic mass is 16.5. The third kappa shape index (κ3) is 9.34. The van der Waals surface area contributed by atoms with Gasteiger partial charge in [0.25, 0.3) is 11.8 Å². The van der Waals surface area contributed by atoms with Gasteiger partial charge in [-0.3, -0.25) is 28.9 Å². The molecule has 0 aromatic heterocycles. The first-order valence-corrected chi connectivity index (χ1v) is 14.7. The Labute approximate surface area is 255 Å². The van der Waals surface area contributed by atoms with Crippen LogP contribution in [0.4, 0.5) is 0 Å². The summed E-state index contributed by atoms with van der Waals surface area (Å²) in [5, 5.41) is 43.2. The van der Waals surface area contributed by atoms with Gasteiger partial charge in [0, 0.05) is 43.6 Å². The van der Waals surface area contributed by atoms with Crippen molar-refractivity contribution in [2.24, 2.45) is 11.3 Å². The summed E-state index contributed by atoms with van der Waals surface area (Å²) in [6.45, 7) is 5.49. The number of carboxylic acids is 1. The highest BCUT2D eigenvalue weighted by Gasteiger charge is 2.47. The summed E-state index contributed by atoms with van der Waals surface area (Å²) in [5.74, 6) is -3.94. The number of carbonyl (C=O) groups is 5. The summed E-state index contributed by atoms with van der Waals surface area (Å²) in [6.07, 6.45) is -1.05. The average molecular weight is 619 g/mol. The number of hydrogen-bond acceptors (Lipinski definition) is 10. The van der Waals surface area contributed by atoms with Crippen LogP contribution in [0.5, 0.6) is 5.75 Å². The summed E-state index contributed by atoms with van der Waals surface area (Å²) in [6, 6.07) is 5.29. The first-order chi connectivity index (χ1) is 20.7. The van der Waals surface area contributed by atoms with Crippen molar-refractivity contribution in [3.8, 4) is 5.75 Å². The van der Waals surface area contributed by atoms with Crippen LogP contribution in [0.3, 0.4) is 0 Å². The van der Waals surface area contributed by atoms with Gasteiger partial charge in [0.05, 0.1) is 17.4 Å². The van der Waals surface area contributed by atoms with E-state index in [0.717, 1.165) is 23.3 Å². The molecule has 0 bridgehead atoms. The molecular formula is C31H42N2O11. The molecule has 0 saturated heterocycles. The number of unbranched alkanes of at least 4 members (excludes halogenated alkanes) is 2. The largest absolute Gasteiger partial charge is 0.487 e. The number of aliphatic carboxylic acids is 1. The number of aryl methyl sites for hydroxylation is 1. The van der Waals surface area contributed by atoms with Crippen LogP contribution in [-0.2, 0) is 41.7 Å². The monoisotopic (exact) mass is 618 g/mol. The first-order valence-electron chi connectivity index (χ1n) is 14.7. The first kappa shape index (κ1) is 34.7. The van der Waals surface area contributed by atoms with E-state index >= 15 is 0 Å². The van der Waals surface area contributed by atoms with Gasteiger partial charge in [-0.1, -0.05) is 18.6 Å². The highest BCUT2D eigenvalue weighted by Crippen LogP contribution is 2.32. The maximum atomic E-state index is 12.4. The van der Waals surface area contributed by atoms with Gasteiger partial charge in [0.15, 0.2) is 0 Å². The number of aliphatic hydroxyl groups excluding tert-OH is 3. The Kier molecular flexibility index (Phi) is 12.0. The SMILES string of the molecule is CC(C)(C)C(=O)OCc1ccc(CCCCCNC(=O)CCN2C(=O)C=CC2=O)cc1O[C@@H]1C[C@H](C(=O)O)[C@@H](O)[C@H](O)[C@H]1O. The van der Waals surface area contributed by atoms with Crippen molar-refractivity contribution in [3.05, 3.63) is 41.5 Å². The Balaban J connectivity index is 1.56. The number of hydrogen-bond donors (Lipinski definition) is 5. The summed E-state index contributed by atoms with van der Waals surface area (Å²) in [4.78, 5) is 60.2. The average Bonchev–Trinajstić information content (AvgIpc) is 3.28. The van der Waals surface area contributed by atoms with Gasteiger partial charge in [0.1, 0.15) is 30.7 Å². The minimum absolute atomic E-state index is 0.0260. The molecule has 5 N–H and O–H groups in total. The number of nitrogens with zero attached hydrogens (tertiary/aromatic N) is 1. The van der Waals surface area contributed by atoms with Crippen LogP contribution in [-0.4, -0.2) is 92.5 Å². The third-order valence-electron chi connectivity index (χ3n) is 7.60. The molecule has 0 spiro atoms. The molecule has 1 saturated carbocycles. The number of imide groups is 1. The summed E-state index contributed by atoms with van der Waals surface area (Å²) in [5.41, 5.74) is 0.615. The van der Waals surface area contributed by atoms with E-state index in [2.05, 4.69) is 5.32 Å². The lowest BCUT2D eigenvalue weighted by Gasteiger charge is -2.38. The van der Waals surface area contributed by atoms with Gasteiger partial charge >= 0.3 is 11.9 Å². The zero-order valence-electron chi connectivity index (χ0n) is 25.2. The fourth-order valence-electron chi connectivity index (χ4n) is 4.87. The molecule has 242 valence electrons. The standard InChI is InChI=1S/C31H42N2O11/c1-31(2,3)30(42)43-17-19-9-8-18(15-21(19)44-22-16-20(29(40)41)26(37)28(39)27(22)38)7-5-4-6-13-32-23(34)12-14-33-24(35)10-11-25(33)36/h8-11,15,20,22,26-28,37-39H,4-7,12-14,16-17H2,1-3H3,(H,32,34)(H,40,41)/t20-,22+,26+,27-,28-/m0/s1. The third-order valence-corrected chi connectivity index (χ3v) is 7.60. The van der Waals surface area contributed by atoms with Crippen molar-refractivity contribution in [2.45, 2.75) is 90.3 Å². The minimum atomic E-state index is -1.72. The van der Waals surface area contributed by atoms with Crippen LogP contribution in [0.15, 0.2) is 30.4 Å². The van der Waals surface area contributed by atoms with E-state index in [4.69, 9.17) is 9.47 Å². The van der Waals surface area contributed by atoms with Gasteiger partial charge < -0.3 is 35.2 Å². The topological polar surface area (TPSA) is 200 Å². The summed E-state index contributed by atoms with van der Waals surface area (Å²) >= 11 is 0. The maximum Gasteiger partial charge on any atom is 0.311 e. The van der Waals surface area contributed by atoms with E-state index in [1.807, 2.05) is 6.07 Å². The zero-order chi connectivity index (χ0) is 32.6. The van der Waals surface area contributed by atoms with Crippen molar-refractivity contribution < 1.29 is 53.9 Å². The number of aliphatic hydroxyl groups is 3. The Hall–Kier alpha value is -3.81. The van der Waals surface area contributed by atoms with Crippen LogP contribution in [0, 0.1) is 11.3 Å². The van der Waals surface area contributed by atoms with Crippen LogP contribution in [0.1, 0.15) is 64.0 Å². The molecule has 5 atom stereocenters. The molecule has 1 aromatic rings. The van der Waals surface area contributed by atoms with E-state index in [0.29, 0.717) is 24.9 Å². The molecule has 1 aliphatic heterocycles. The van der Waals surface area contributed by atoms with E-state index < -0.39 is 59.5 Å². The molecule has 0 unspecified atom stereocenters. The number of benzene rings is 1. The predicted molar refractivity (Wildman–Crippen MR) is 155 cm³/mol. The van der Waals surface area contributed by atoms with Gasteiger partial charge in [-0.15, -0.1) is 0 Å². The number of nitrogens with one attached hydrogen (secondary N) is 1. The van der Waals surface area contributed by atoms with Crippen molar-refractivity contribution in [2.75, 3.05) is 13.1 Å². The molecular weight excluding hydrogens is 576 g/mol. The van der Waals surface area contributed by atoms with Crippen molar-refractivity contribution in [3.63, 3.8) is 0 Å². The number of amides is 3. The number of ether oxygens (including phenoxy) is 2. The molecule has 2 aliphatic rings. The quantitative estimate of drug-likeness (QED) is 0.112. The number of esters is 1. The van der Waals surface area contributed by atoms with Gasteiger partial charge in [-0.2, -0.15) is 0 Å². The van der Waals surface area contributed by atoms with E-state index in [9.17, 15) is 44.4 Å². The van der Waals surface area contributed by atoms with Gasteiger partial charge in [-0.25, -0.2) is 0 Å². The van der Waals surface area contributed by atoms with Crippen LogP contribution in [0.2, 0.25) is 0 Å². The van der Waals surface area contributed by atoms with Crippen molar-refractivity contribution in [1.82, 2.24) is 10.2 Å². The molecule has 0 radical (unpaired) electrons. The Morgan fingerprint density at radius 3 is 2.30 bits per heavy atom. The molecule has 13 nitrogen and oxygen atoms in total. The molecule has 13 heteroatoms. The van der Waals surface area contributed by atoms with E-state index in [-0.39, 0.29) is 37.6 Å². The lowest BCUT2D eigenvalue weighted by molar-refractivity contribution is -0.175. The molecule has 44 heavy (non-hydrogen) atoms. The molecule has 1 heterocycles. The molecule has 3 amide bonds. The normalized spacial score (nSPS) is 23.5. The fraction of sp³-hybridized carbons (Fsp3) is 0.581.